The summed E-state index contributed by atoms with van der Waals surface area (Å²) in [6.45, 7) is 5.54. The molecule has 0 radical (unpaired) electrons. The van der Waals surface area contributed by atoms with Crippen molar-refractivity contribution in [2.24, 2.45) is 17.8 Å². The molecule has 2 fully saturated rings. The fraction of sp³-hybridized carbons (Fsp3) is 0.917. The van der Waals surface area contributed by atoms with E-state index in [1.54, 1.807) is 0 Å². The minimum atomic E-state index is 0.204. The summed E-state index contributed by atoms with van der Waals surface area (Å²) >= 11 is 0. The first-order valence-electron chi connectivity index (χ1n) is 5.91. The van der Waals surface area contributed by atoms with Crippen molar-refractivity contribution < 1.29 is 0 Å². The third kappa shape index (κ3) is 2.09. The molecule has 1 aliphatic heterocycles. The molecule has 1 saturated carbocycles. The van der Waals surface area contributed by atoms with Gasteiger partial charge in [0.2, 0.25) is 0 Å². The summed E-state index contributed by atoms with van der Waals surface area (Å²) in [5.41, 5.74) is 0. The van der Waals surface area contributed by atoms with Gasteiger partial charge in [-0.1, -0.05) is 12.8 Å². The van der Waals surface area contributed by atoms with Gasteiger partial charge < -0.3 is 4.90 Å². The van der Waals surface area contributed by atoms with Gasteiger partial charge in [0.1, 0.15) is 0 Å². The van der Waals surface area contributed by atoms with E-state index in [0.717, 1.165) is 18.4 Å². The monoisotopic (exact) mass is 192 g/mol. The quantitative estimate of drug-likeness (QED) is 0.671. The van der Waals surface area contributed by atoms with E-state index < -0.39 is 0 Å². The van der Waals surface area contributed by atoms with Gasteiger partial charge in [-0.3, -0.25) is 0 Å². The second kappa shape index (κ2) is 4.31. The van der Waals surface area contributed by atoms with Crippen molar-refractivity contribution in [3.8, 4) is 6.07 Å². The van der Waals surface area contributed by atoms with Crippen LogP contribution < -0.4 is 0 Å². The van der Waals surface area contributed by atoms with Crippen LogP contribution in [0.2, 0.25) is 0 Å². The number of nitriles is 1. The van der Waals surface area contributed by atoms with Gasteiger partial charge in [-0.25, -0.2) is 0 Å². The summed E-state index contributed by atoms with van der Waals surface area (Å²) in [5.74, 6) is 2.11. The summed E-state index contributed by atoms with van der Waals surface area (Å²) < 4.78 is 0. The number of nitrogens with zero attached hydrogens (tertiary/aromatic N) is 2. The number of fused-ring (bicyclic) bond motifs is 1. The van der Waals surface area contributed by atoms with Gasteiger partial charge in [-0.2, -0.15) is 5.26 Å². The van der Waals surface area contributed by atoms with Crippen molar-refractivity contribution in [3.05, 3.63) is 0 Å². The molecule has 0 aromatic carbocycles. The first kappa shape index (κ1) is 9.98. The molecule has 2 aliphatic rings. The van der Waals surface area contributed by atoms with Gasteiger partial charge in [0.05, 0.1) is 12.0 Å². The van der Waals surface area contributed by atoms with Crippen molar-refractivity contribution >= 4 is 0 Å². The van der Waals surface area contributed by atoms with Crippen LogP contribution in [-0.2, 0) is 0 Å². The van der Waals surface area contributed by atoms with Crippen molar-refractivity contribution in [1.29, 1.82) is 5.26 Å². The van der Waals surface area contributed by atoms with Crippen molar-refractivity contribution in [1.82, 2.24) is 4.90 Å². The van der Waals surface area contributed by atoms with Crippen LogP contribution in [0.25, 0.3) is 0 Å². The SMILES string of the molecule is CC(C#N)CN1C[C@H]2CCCC[C@H]2C1. The highest BCUT2D eigenvalue weighted by atomic mass is 15.2. The van der Waals surface area contributed by atoms with Crippen molar-refractivity contribution in [2.75, 3.05) is 19.6 Å². The lowest BCUT2D eigenvalue weighted by Crippen LogP contribution is -2.26. The number of likely N-dealkylation sites (tertiary alicyclic amines) is 1. The summed E-state index contributed by atoms with van der Waals surface area (Å²) in [5, 5.41) is 8.78. The van der Waals surface area contributed by atoms with Crippen LogP contribution >= 0.6 is 0 Å². The smallest absolute Gasteiger partial charge is 0.0666 e. The van der Waals surface area contributed by atoms with Crippen LogP contribution in [0.5, 0.6) is 0 Å². The maximum atomic E-state index is 8.78. The Hall–Kier alpha value is -0.550. The first-order valence-corrected chi connectivity index (χ1v) is 5.91. The van der Waals surface area contributed by atoms with Gasteiger partial charge >= 0.3 is 0 Å². The molecule has 0 amide bonds. The third-order valence-electron chi connectivity index (χ3n) is 3.80. The normalized spacial score (nSPS) is 34.9. The molecule has 0 N–H and O–H groups in total. The average molecular weight is 192 g/mol. The minimum Gasteiger partial charge on any atom is -0.301 e. The lowest BCUT2D eigenvalue weighted by molar-refractivity contribution is 0.298. The van der Waals surface area contributed by atoms with Gasteiger partial charge in [0, 0.05) is 19.6 Å². The average Bonchev–Trinajstić information content (AvgIpc) is 2.59. The molecular formula is C12H20N2. The molecule has 2 nitrogen and oxygen atoms in total. The molecule has 2 heteroatoms. The van der Waals surface area contributed by atoms with E-state index in [-0.39, 0.29) is 5.92 Å². The molecule has 1 saturated heterocycles. The standard InChI is InChI=1S/C12H20N2/c1-10(6-13)7-14-8-11-4-2-3-5-12(11)9-14/h10-12H,2-5,7-9H2,1H3/t10?,11-,12+. The highest BCUT2D eigenvalue weighted by Crippen LogP contribution is 2.36. The van der Waals surface area contributed by atoms with Crippen LogP contribution in [0.1, 0.15) is 32.6 Å². The molecule has 0 aromatic heterocycles. The van der Waals surface area contributed by atoms with Gasteiger partial charge in [0.25, 0.3) is 0 Å². The van der Waals surface area contributed by atoms with Crippen molar-refractivity contribution in [3.63, 3.8) is 0 Å². The molecule has 1 heterocycles. The molecule has 78 valence electrons. The van der Waals surface area contributed by atoms with E-state index in [1.165, 1.54) is 38.8 Å². The topological polar surface area (TPSA) is 27.0 Å². The van der Waals surface area contributed by atoms with E-state index in [1.807, 2.05) is 6.92 Å². The van der Waals surface area contributed by atoms with E-state index in [4.69, 9.17) is 5.26 Å². The lowest BCUT2D eigenvalue weighted by Gasteiger charge is -2.23. The minimum absolute atomic E-state index is 0.204. The Labute approximate surface area is 86.9 Å². The summed E-state index contributed by atoms with van der Waals surface area (Å²) in [4.78, 5) is 2.51. The van der Waals surface area contributed by atoms with Crippen LogP contribution in [0.4, 0.5) is 0 Å². The third-order valence-corrected chi connectivity index (χ3v) is 3.80. The second-order valence-corrected chi connectivity index (χ2v) is 5.05. The summed E-state index contributed by atoms with van der Waals surface area (Å²) in [6, 6.07) is 2.33. The van der Waals surface area contributed by atoms with E-state index in [0.29, 0.717) is 0 Å². The molecule has 0 spiro atoms. The van der Waals surface area contributed by atoms with Crippen LogP contribution in [0.15, 0.2) is 0 Å². The number of rotatable bonds is 2. The Morgan fingerprint density at radius 3 is 2.36 bits per heavy atom. The molecular weight excluding hydrogens is 172 g/mol. The highest BCUT2D eigenvalue weighted by Gasteiger charge is 2.34. The number of hydrogen-bond acceptors (Lipinski definition) is 2. The van der Waals surface area contributed by atoms with E-state index in [2.05, 4.69) is 11.0 Å². The zero-order valence-electron chi connectivity index (χ0n) is 9.08. The van der Waals surface area contributed by atoms with Crippen molar-refractivity contribution in [2.45, 2.75) is 32.6 Å². The zero-order chi connectivity index (χ0) is 9.97. The highest BCUT2D eigenvalue weighted by molar-refractivity contribution is 4.90. The molecule has 1 aliphatic carbocycles. The van der Waals surface area contributed by atoms with Gasteiger partial charge in [-0.05, 0) is 31.6 Å². The van der Waals surface area contributed by atoms with Crippen LogP contribution in [-0.4, -0.2) is 24.5 Å². The molecule has 1 unspecified atom stereocenters. The zero-order valence-corrected chi connectivity index (χ0v) is 9.08. The van der Waals surface area contributed by atoms with Crippen LogP contribution in [0, 0.1) is 29.1 Å². The Bertz CT molecular complexity index is 217. The van der Waals surface area contributed by atoms with Crippen LogP contribution in [0.3, 0.4) is 0 Å². The van der Waals surface area contributed by atoms with E-state index >= 15 is 0 Å². The molecule has 3 atom stereocenters. The summed E-state index contributed by atoms with van der Waals surface area (Å²) in [6.07, 6.45) is 5.73. The Kier molecular flexibility index (Phi) is 3.08. The predicted molar refractivity (Wildman–Crippen MR) is 56.7 cm³/mol. The van der Waals surface area contributed by atoms with E-state index in [9.17, 15) is 0 Å². The fourth-order valence-electron chi connectivity index (χ4n) is 3.08. The predicted octanol–water partition coefficient (Wildman–Crippen LogP) is 2.27. The lowest BCUT2D eigenvalue weighted by atomic mass is 9.82. The van der Waals surface area contributed by atoms with Gasteiger partial charge in [0.15, 0.2) is 0 Å². The molecule has 2 rings (SSSR count). The largest absolute Gasteiger partial charge is 0.301 e. The maximum absolute atomic E-state index is 8.78. The summed E-state index contributed by atoms with van der Waals surface area (Å²) in [7, 11) is 0. The maximum Gasteiger partial charge on any atom is 0.0666 e. The first-order chi connectivity index (χ1) is 6.79. The second-order valence-electron chi connectivity index (χ2n) is 5.05. The molecule has 0 bridgehead atoms. The Morgan fingerprint density at radius 1 is 1.29 bits per heavy atom. The van der Waals surface area contributed by atoms with Gasteiger partial charge in [-0.15, -0.1) is 0 Å². The number of hydrogen-bond donors (Lipinski definition) is 0. The fourth-order valence-corrected chi connectivity index (χ4v) is 3.08. The Balaban J connectivity index is 1.84. The Morgan fingerprint density at radius 2 is 1.86 bits per heavy atom. The molecule has 0 aromatic rings. The molecule has 14 heavy (non-hydrogen) atoms.